The molecule has 0 radical (unpaired) electrons. The summed E-state index contributed by atoms with van der Waals surface area (Å²) in [4.78, 5) is 33.5. The zero-order valence-electron chi connectivity index (χ0n) is 19.9. The molecule has 1 aliphatic rings. The third kappa shape index (κ3) is 5.45. The minimum absolute atomic E-state index is 0.0195. The van der Waals surface area contributed by atoms with Crippen LogP contribution >= 0.6 is 0 Å². The number of ether oxygens (including phenoxy) is 2. The Kier molecular flexibility index (Phi) is 7.92. The van der Waals surface area contributed by atoms with Gasteiger partial charge in [0.1, 0.15) is 17.4 Å². The molecule has 0 saturated heterocycles. The predicted molar refractivity (Wildman–Crippen MR) is 125 cm³/mol. The van der Waals surface area contributed by atoms with Gasteiger partial charge >= 0.3 is 0 Å². The summed E-state index contributed by atoms with van der Waals surface area (Å²) in [6.45, 7) is 6.23. The summed E-state index contributed by atoms with van der Waals surface area (Å²) >= 11 is 0. The Bertz CT molecular complexity index is 996. The Morgan fingerprint density at radius 1 is 1.36 bits per heavy atom. The summed E-state index contributed by atoms with van der Waals surface area (Å²) in [6.07, 6.45) is 1.72. The van der Waals surface area contributed by atoms with Gasteiger partial charge in [-0.05, 0) is 30.7 Å². The Labute approximate surface area is 195 Å². The highest BCUT2D eigenvalue weighted by Crippen LogP contribution is 2.31. The number of benzene rings is 1. The SMILES string of the molecule is CCC(=O)N(C)C[C@H]1Oc2ncc(-c3cccc(OC)c3)cc2C(=O)N([C@H](C)CO)C[C@@H]1C. The van der Waals surface area contributed by atoms with Crippen molar-refractivity contribution in [3.8, 4) is 22.8 Å². The second-order valence-corrected chi connectivity index (χ2v) is 8.56. The minimum atomic E-state index is -0.373. The molecule has 3 atom stereocenters. The van der Waals surface area contributed by atoms with Gasteiger partial charge in [0.05, 0.1) is 26.3 Å². The number of likely N-dealkylation sites (N-methyl/N-ethyl adjacent to an activating group) is 1. The first kappa shape index (κ1) is 24.5. The van der Waals surface area contributed by atoms with Gasteiger partial charge in [0.15, 0.2) is 0 Å². The predicted octanol–water partition coefficient (Wildman–Crippen LogP) is 2.85. The molecule has 0 bridgehead atoms. The van der Waals surface area contributed by atoms with E-state index in [-0.39, 0.29) is 42.4 Å². The highest BCUT2D eigenvalue weighted by molar-refractivity contribution is 5.98. The number of pyridine rings is 1. The molecule has 2 amide bonds. The molecule has 33 heavy (non-hydrogen) atoms. The molecule has 1 N–H and O–H groups in total. The van der Waals surface area contributed by atoms with E-state index in [1.165, 1.54) is 0 Å². The second kappa shape index (κ2) is 10.7. The first-order valence-electron chi connectivity index (χ1n) is 11.3. The fraction of sp³-hybridized carbons (Fsp3) is 0.480. The lowest BCUT2D eigenvalue weighted by molar-refractivity contribution is -0.131. The first-order chi connectivity index (χ1) is 15.8. The molecule has 178 valence electrons. The first-order valence-corrected chi connectivity index (χ1v) is 11.3. The van der Waals surface area contributed by atoms with Crippen molar-refractivity contribution < 1.29 is 24.2 Å². The number of aromatic nitrogens is 1. The van der Waals surface area contributed by atoms with Gasteiger partial charge in [0, 0.05) is 37.7 Å². The van der Waals surface area contributed by atoms with E-state index >= 15 is 0 Å². The number of amides is 2. The topological polar surface area (TPSA) is 92.2 Å². The Balaban J connectivity index is 2.04. The van der Waals surface area contributed by atoms with Crippen LogP contribution in [0.5, 0.6) is 11.6 Å². The van der Waals surface area contributed by atoms with Crippen molar-refractivity contribution in [3.05, 3.63) is 42.1 Å². The maximum Gasteiger partial charge on any atom is 0.259 e. The average molecular weight is 456 g/mol. The summed E-state index contributed by atoms with van der Waals surface area (Å²) in [7, 11) is 3.35. The number of hydrogen-bond acceptors (Lipinski definition) is 6. The largest absolute Gasteiger partial charge is 0.497 e. The number of hydrogen-bond donors (Lipinski definition) is 1. The van der Waals surface area contributed by atoms with Crippen LogP contribution in [0.15, 0.2) is 36.5 Å². The van der Waals surface area contributed by atoms with E-state index in [9.17, 15) is 14.7 Å². The fourth-order valence-corrected chi connectivity index (χ4v) is 3.92. The summed E-state index contributed by atoms with van der Waals surface area (Å²) in [5, 5.41) is 9.80. The molecule has 0 unspecified atom stereocenters. The van der Waals surface area contributed by atoms with Crippen molar-refractivity contribution in [1.29, 1.82) is 0 Å². The molecule has 2 heterocycles. The lowest BCUT2D eigenvalue weighted by Gasteiger charge is -2.37. The van der Waals surface area contributed by atoms with Gasteiger partial charge < -0.3 is 24.4 Å². The quantitative estimate of drug-likeness (QED) is 0.690. The normalized spacial score (nSPS) is 19.1. The van der Waals surface area contributed by atoms with Crippen LogP contribution in [0.1, 0.15) is 37.6 Å². The monoisotopic (exact) mass is 455 g/mol. The van der Waals surface area contributed by atoms with Crippen LogP contribution in [0.4, 0.5) is 0 Å². The van der Waals surface area contributed by atoms with Crippen molar-refractivity contribution >= 4 is 11.8 Å². The molecule has 0 aliphatic carbocycles. The number of nitrogens with zero attached hydrogens (tertiary/aromatic N) is 3. The maximum absolute atomic E-state index is 13.5. The molecule has 0 spiro atoms. The molecule has 8 nitrogen and oxygen atoms in total. The number of methoxy groups -OCH3 is 1. The minimum Gasteiger partial charge on any atom is -0.497 e. The third-order valence-electron chi connectivity index (χ3n) is 6.11. The number of aliphatic hydroxyl groups is 1. The zero-order valence-corrected chi connectivity index (χ0v) is 19.9. The van der Waals surface area contributed by atoms with E-state index in [4.69, 9.17) is 9.47 Å². The van der Waals surface area contributed by atoms with Crippen molar-refractivity contribution in [2.45, 2.75) is 39.3 Å². The summed E-state index contributed by atoms with van der Waals surface area (Å²) in [5.74, 6) is 0.631. The molecular formula is C25H33N3O5. The van der Waals surface area contributed by atoms with E-state index in [0.29, 0.717) is 30.8 Å². The highest BCUT2D eigenvalue weighted by atomic mass is 16.5. The van der Waals surface area contributed by atoms with E-state index in [0.717, 1.165) is 11.1 Å². The zero-order chi connectivity index (χ0) is 24.1. The van der Waals surface area contributed by atoms with Crippen LogP contribution in [0.3, 0.4) is 0 Å². The Morgan fingerprint density at radius 3 is 2.79 bits per heavy atom. The van der Waals surface area contributed by atoms with Crippen LogP contribution in [0.2, 0.25) is 0 Å². The average Bonchev–Trinajstić information content (AvgIpc) is 2.84. The van der Waals surface area contributed by atoms with Crippen LogP contribution in [-0.4, -0.2) is 77.7 Å². The number of carbonyl (C=O) groups excluding carboxylic acids is 2. The molecule has 2 aromatic rings. The standard InChI is InChI=1S/C25H33N3O5/c1-6-23(30)27(4)14-22-16(2)13-28(17(3)15-29)25(31)21-11-19(12-26-24(21)33-22)18-8-7-9-20(10-18)32-5/h7-12,16-17,22,29H,6,13-15H2,1-5H3/t16-,17+,22+/m0/s1. The highest BCUT2D eigenvalue weighted by Gasteiger charge is 2.34. The molecule has 1 aromatic heterocycles. The van der Waals surface area contributed by atoms with Crippen molar-refractivity contribution in [2.24, 2.45) is 5.92 Å². The molecule has 0 fully saturated rings. The lowest BCUT2D eigenvalue weighted by atomic mass is 9.99. The van der Waals surface area contributed by atoms with Gasteiger partial charge in [0.25, 0.3) is 5.91 Å². The number of aliphatic hydroxyl groups excluding tert-OH is 1. The van der Waals surface area contributed by atoms with Crippen molar-refractivity contribution in [3.63, 3.8) is 0 Å². The molecule has 1 aliphatic heterocycles. The van der Waals surface area contributed by atoms with Crippen LogP contribution in [0.25, 0.3) is 11.1 Å². The smallest absolute Gasteiger partial charge is 0.259 e. The molecule has 3 rings (SSSR count). The van der Waals surface area contributed by atoms with Gasteiger partial charge in [-0.1, -0.05) is 26.0 Å². The molecule has 0 saturated carbocycles. The van der Waals surface area contributed by atoms with Crippen LogP contribution in [-0.2, 0) is 4.79 Å². The van der Waals surface area contributed by atoms with E-state index in [2.05, 4.69) is 4.98 Å². The van der Waals surface area contributed by atoms with Gasteiger partial charge in [0.2, 0.25) is 11.8 Å². The van der Waals surface area contributed by atoms with Gasteiger partial charge in [-0.3, -0.25) is 9.59 Å². The Morgan fingerprint density at radius 2 is 2.12 bits per heavy atom. The summed E-state index contributed by atoms with van der Waals surface area (Å²) in [6, 6.07) is 8.92. The van der Waals surface area contributed by atoms with Crippen molar-refractivity contribution in [1.82, 2.24) is 14.8 Å². The number of rotatable bonds is 7. The molecular weight excluding hydrogens is 422 g/mol. The number of fused-ring (bicyclic) bond motifs is 1. The second-order valence-electron chi connectivity index (χ2n) is 8.56. The summed E-state index contributed by atoms with van der Waals surface area (Å²) in [5.41, 5.74) is 1.95. The van der Waals surface area contributed by atoms with Crippen molar-refractivity contribution in [2.75, 3.05) is 33.9 Å². The van der Waals surface area contributed by atoms with Crippen LogP contribution in [0, 0.1) is 5.92 Å². The summed E-state index contributed by atoms with van der Waals surface area (Å²) < 4.78 is 11.6. The maximum atomic E-state index is 13.5. The molecule has 1 aromatic carbocycles. The van der Waals surface area contributed by atoms with Gasteiger partial charge in [-0.2, -0.15) is 0 Å². The number of carbonyl (C=O) groups is 2. The lowest BCUT2D eigenvalue weighted by Crippen LogP contribution is -2.50. The Hall–Kier alpha value is -3.13. The van der Waals surface area contributed by atoms with E-state index in [1.807, 2.05) is 45.0 Å². The van der Waals surface area contributed by atoms with E-state index in [1.54, 1.807) is 36.2 Å². The third-order valence-corrected chi connectivity index (χ3v) is 6.11. The molecule has 8 heteroatoms. The van der Waals surface area contributed by atoms with E-state index < -0.39 is 0 Å². The van der Waals surface area contributed by atoms with Gasteiger partial charge in [-0.25, -0.2) is 4.98 Å². The van der Waals surface area contributed by atoms with Gasteiger partial charge in [-0.15, -0.1) is 0 Å². The van der Waals surface area contributed by atoms with Crippen LogP contribution < -0.4 is 9.47 Å². The fourth-order valence-electron chi connectivity index (χ4n) is 3.92.